The number of nitrogens with two attached hydrogens (primary N) is 1. The molecule has 2 heterocycles. The molecule has 1 aliphatic heterocycles. The van der Waals surface area contributed by atoms with Crippen molar-refractivity contribution in [2.45, 2.75) is 30.9 Å². The van der Waals surface area contributed by atoms with Crippen molar-refractivity contribution in [3.8, 4) is 6.07 Å². The van der Waals surface area contributed by atoms with E-state index in [2.05, 4.69) is 33.2 Å². The summed E-state index contributed by atoms with van der Waals surface area (Å²) in [6.45, 7) is 3.84. The Kier molecular flexibility index (Phi) is 5.22. The number of carbonyl (C=O) groups excluding carboxylic acids is 2. The quantitative estimate of drug-likeness (QED) is 0.709. The summed E-state index contributed by atoms with van der Waals surface area (Å²) < 4.78 is 10.8. The molecule has 1 aromatic carbocycles. The minimum atomic E-state index is -1.22. The number of nitriles is 1. The average Bonchev–Trinajstić information content (AvgIpc) is 3.37. The maximum absolute atomic E-state index is 12.5. The lowest BCUT2D eigenvalue weighted by molar-refractivity contribution is -0.130. The van der Waals surface area contributed by atoms with Crippen molar-refractivity contribution < 1.29 is 18.7 Å². The summed E-state index contributed by atoms with van der Waals surface area (Å²) >= 11 is 0. The number of ether oxygens (including phenoxy) is 1. The normalized spacial score (nSPS) is 19.1. The third-order valence-electron chi connectivity index (χ3n) is 5.52. The lowest BCUT2D eigenvalue weighted by Gasteiger charge is -2.33. The molecular formula is C20H24N6O4. The van der Waals surface area contributed by atoms with E-state index < -0.39 is 23.6 Å². The van der Waals surface area contributed by atoms with Gasteiger partial charge in [-0.05, 0) is 32.0 Å². The molecule has 2 fully saturated rings. The van der Waals surface area contributed by atoms with Gasteiger partial charge in [-0.2, -0.15) is 5.26 Å². The average molecular weight is 412 g/mol. The summed E-state index contributed by atoms with van der Waals surface area (Å²) in [5, 5.41) is 11.8. The predicted octanol–water partition coefficient (Wildman–Crippen LogP) is 0.758. The van der Waals surface area contributed by atoms with Crippen LogP contribution in [0.15, 0.2) is 22.6 Å². The maximum Gasteiger partial charge on any atom is 0.405 e. The number of oxazole rings is 1. The molecule has 0 bridgehead atoms. The Morgan fingerprint density at radius 1 is 1.37 bits per heavy atom. The molecule has 10 heteroatoms. The van der Waals surface area contributed by atoms with Gasteiger partial charge in [0.05, 0.1) is 12.5 Å². The third kappa shape index (κ3) is 4.31. The predicted molar refractivity (Wildman–Crippen MR) is 108 cm³/mol. The zero-order valence-electron chi connectivity index (χ0n) is 16.8. The van der Waals surface area contributed by atoms with Crippen molar-refractivity contribution in [2.75, 3.05) is 38.1 Å². The smallest absolute Gasteiger partial charge is 0.405 e. The molecule has 30 heavy (non-hydrogen) atoms. The van der Waals surface area contributed by atoms with Crippen LogP contribution in [0.2, 0.25) is 0 Å². The van der Waals surface area contributed by atoms with Crippen LogP contribution in [0.25, 0.3) is 11.1 Å². The van der Waals surface area contributed by atoms with Gasteiger partial charge in [0, 0.05) is 37.9 Å². The fourth-order valence-electron chi connectivity index (χ4n) is 3.50. The monoisotopic (exact) mass is 412 g/mol. The molecule has 158 valence electrons. The lowest BCUT2D eigenvalue weighted by Crippen LogP contribution is -2.45. The summed E-state index contributed by atoms with van der Waals surface area (Å²) in [6.07, 6.45) is -1.24. The van der Waals surface area contributed by atoms with E-state index in [0.717, 1.165) is 31.9 Å². The minimum absolute atomic E-state index is 0.0746. The molecule has 1 aliphatic carbocycles. The summed E-state index contributed by atoms with van der Waals surface area (Å²) in [5.74, 6) is -0.336. The number of likely N-dealkylation sites (N-methyl/N-ethyl adjacent to an activating group) is 1. The van der Waals surface area contributed by atoms with E-state index in [-0.39, 0.29) is 12.3 Å². The highest BCUT2D eigenvalue weighted by Gasteiger charge is 2.46. The van der Waals surface area contributed by atoms with Gasteiger partial charge >= 0.3 is 6.09 Å². The molecule has 10 nitrogen and oxygen atoms in total. The molecular weight excluding hydrogens is 388 g/mol. The van der Waals surface area contributed by atoms with Crippen molar-refractivity contribution in [3.05, 3.63) is 24.1 Å². The fourth-order valence-corrected chi connectivity index (χ4v) is 3.50. The number of aromatic nitrogens is 1. The van der Waals surface area contributed by atoms with Crippen molar-refractivity contribution in [3.63, 3.8) is 0 Å². The molecule has 0 unspecified atom stereocenters. The molecule has 4 rings (SSSR count). The van der Waals surface area contributed by atoms with Crippen LogP contribution >= 0.6 is 0 Å². The maximum atomic E-state index is 12.5. The molecule has 3 N–H and O–H groups in total. The van der Waals surface area contributed by atoms with Gasteiger partial charge in [-0.1, -0.05) is 0 Å². The van der Waals surface area contributed by atoms with E-state index in [9.17, 15) is 9.59 Å². The van der Waals surface area contributed by atoms with Gasteiger partial charge in [0.15, 0.2) is 17.6 Å². The van der Waals surface area contributed by atoms with Crippen molar-refractivity contribution in [1.82, 2.24) is 15.2 Å². The highest BCUT2D eigenvalue weighted by molar-refractivity contribution is 5.85. The van der Waals surface area contributed by atoms with Gasteiger partial charge in [-0.3, -0.25) is 4.79 Å². The van der Waals surface area contributed by atoms with Crippen LogP contribution in [-0.2, 0) is 16.0 Å². The second kappa shape index (κ2) is 7.84. The number of carbonyl (C=O) groups is 2. The van der Waals surface area contributed by atoms with Gasteiger partial charge in [0.1, 0.15) is 11.1 Å². The van der Waals surface area contributed by atoms with Crippen LogP contribution in [-0.4, -0.2) is 66.8 Å². The van der Waals surface area contributed by atoms with Crippen LogP contribution in [0, 0.1) is 11.3 Å². The number of fused-ring (bicyclic) bond motifs is 1. The summed E-state index contributed by atoms with van der Waals surface area (Å²) in [6, 6.07) is 7.86. The first-order chi connectivity index (χ1) is 14.4. The van der Waals surface area contributed by atoms with Gasteiger partial charge in [-0.25, -0.2) is 9.78 Å². The Morgan fingerprint density at radius 3 is 2.73 bits per heavy atom. The largest absolute Gasteiger partial charge is 0.440 e. The van der Waals surface area contributed by atoms with Crippen LogP contribution < -0.4 is 16.0 Å². The van der Waals surface area contributed by atoms with Gasteiger partial charge in [-0.15, -0.1) is 0 Å². The Hall–Kier alpha value is -3.32. The number of nitrogens with one attached hydrogen (secondary N) is 1. The van der Waals surface area contributed by atoms with Crippen molar-refractivity contribution in [2.24, 2.45) is 5.73 Å². The number of primary amides is 1. The van der Waals surface area contributed by atoms with Gasteiger partial charge in [0.25, 0.3) is 5.91 Å². The Morgan fingerprint density at radius 2 is 2.10 bits per heavy atom. The summed E-state index contributed by atoms with van der Waals surface area (Å²) in [4.78, 5) is 32.8. The van der Waals surface area contributed by atoms with Crippen LogP contribution in [0.5, 0.6) is 0 Å². The van der Waals surface area contributed by atoms with Crippen LogP contribution in [0.4, 0.5) is 10.5 Å². The molecule has 2 aromatic rings. The van der Waals surface area contributed by atoms with E-state index in [0.29, 0.717) is 23.9 Å². The number of benzene rings is 1. The molecule has 0 radical (unpaired) electrons. The first-order valence-corrected chi connectivity index (χ1v) is 9.90. The number of piperazine rings is 1. The highest BCUT2D eigenvalue weighted by Crippen LogP contribution is 2.34. The number of amides is 2. The van der Waals surface area contributed by atoms with Gasteiger partial charge < -0.3 is 30.0 Å². The molecule has 2 aliphatic rings. The second-order valence-corrected chi connectivity index (χ2v) is 7.86. The third-order valence-corrected chi connectivity index (χ3v) is 5.52. The zero-order valence-corrected chi connectivity index (χ0v) is 16.8. The second-order valence-electron chi connectivity index (χ2n) is 7.86. The Labute approximate surface area is 173 Å². The number of anilines is 1. The number of nitrogens with zero attached hydrogens (tertiary/aromatic N) is 4. The number of rotatable bonds is 6. The van der Waals surface area contributed by atoms with Crippen LogP contribution in [0.1, 0.15) is 18.7 Å². The molecule has 1 atom stereocenters. The zero-order chi connectivity index (χ0) is 21.3. The summed E-state index contributed by atoms with van der Waals surface area (Å²) in [7, 11) is 2.10. The lowest BCUT2D eigenvalue weighted by atomic mass is 10.2. The first-order valence-electron chi connectivity index (χ1n) is 9.90. The minimum Gasteiger partial charge on any atom is -0.440 e. The van der Waals surface area contributed by atoms with E-state index in [1.807, 2.05) is 18.2 Å². The first kappa shape index (κ1) is 20.0. The highest BCUT2D eigenvalue weighted by atomic mass is 16.6. The molecule has 1 aromatic heterocycles. The molecule has 1 saturated carbocycles. The topological polar surface area (TPSA) is 138 Å². The van der Waals surface area contributed by atoms with E-state index in [1.165, 1.54) is 0 Å². The van der Waals surface area contributed by atoms with Crippen LogP contribution in [0.3, 0.4) is 0 Å². The van der Waals surface area contributed by atoms with Crippen molar-refractivity contribution in [1.29, 1.82) is 5.26 Å². The number of hydrogen-bond acceptors (Lipinski definition) is 8. The van der Waals surface area contributed by atoms with Gasteiger partial charge in [0.2, 0.25) is 0 Å². The molecule has 0 spiro atoms. The molecule has 1 saturated heterocycles. The molecule has 2 amide bonds. The van der Waals surface area contributed by atoms with E-state index >= 15 is 0 Å². The standard InChI is InChI=1S/C20H24N6O4/c1-25-6-8-26(9-7-25)13-2-3-14-15(10-13)29-17(23-14)11-16(30-19(22)28)18(27)24-20(12-21)4-5-20/h2-3,10,16H,4-9,11H2,1H3,(H2,22,28)(H,24,27)/t16-/m0/s1. The number of hydrogen-bond donors (Lipinski definition) is 2. The van der Waals surface area contributed by atoms with Crippen molar-refractivity contribution >= 4 is 28.8 Å². The SMILES string of the molecule is CN1CCN(c2ccc3nc(C[C@H](OC(N)=O)C(=O)NC4(C#N)CC4)oc3c2)CC1. The summed E-state index contributed by atoms with van der Waals surface area (Å²) in [5.41, 5.74) is 6.53. The Bertz CT molecular complexity index is 1000. The Balaban J connectivity index is 1.50. The van der Waals surface area contributed by atoms with E-state index in [1.54, 1.807) is 0 Å². The fraction of sp³-hybridized carbons (Fsp3) is 0.500. The van der Waals surface area contributed by atoms with E-state index in [4.69, 9.17) is 20.1 Å².